The molecule has 150 valence electrons. The largest absolute Gasteiger partial charge is 0.573 e. The van der Waals surface area contributed by atoms with E-state index in [4.69, 9.17) is 0 Å². The van der Waals surface area contributed by atoms with Gasteiger partial charge in [0, 0.05) is 31.1 Å². The summed E-state index contributed by atoms with van der Waals surface area (Å²) in [4.78, 5) is 23.6. The Bertz CT molecular complexity index is 855. The maximum absolute atomic E-state index is 13.5. The number of rotatable bonds is 7. The number of hydrogen-bond acceptors (Lipinski definition) is 3. The van der Waals surface area contributed by atoms with Gasteiger partial charge in [-0.2, -0.15) is 0 Å². The molecular weight excluding hydrogens is 387 g/mol. The fourth-order valence-electron chi connectivity index (χ4n) is 2.21. The summed E-state index contributed by atoms with van der Waals surface area (Å²) in [5.41, 5.74) is -0.259. The topological polar surface area (TPSA) is 67.4 Å². The number of ether oxygens (including phenoxy) is 1. The van der Waals surface area contributed by atoms with Crippen molar-refractivity contribution in [3.05, 3.63) is 65.2 Å². The Labute approximate surface area is 156 Å². The Kier molecular flexibility index (Phi) is 6.91. The maximum Gasteiger partial charge on any atom is 0.573 e. The molecule has 0 heterocycles. The molecule has 2 aromatic carbocycles. The van der Waals surface area contributed by atoms with Gasteiger partial charge in [-0.25, -0.2) is 8.78 Å². The fourth-order valence-corrected chi connectivity index (χ4v) is 2.21. The maximum atomic E-state index is 13.5. The average Bonchev–Trinajstić information content (AvgIpc) is 2.59. The Morgan fingerprint density at radius 3 is 2.39 bits per heavy atom. The quantitative estimate of drug-likeness (QED) is 0.699. The van der Waals surface area contributed by atoms with Crippen LogP contribution in [0.2, 0.25) is 0 Å². The van der Waals surface area contributed by atoms with Crippen LogP contribution in [-0.4, -0.2) is 24.7 Å². The first-order valence-corrected chi connectivity index (χ1v) is 7.99. The van der Waals surface area contributed by atoms with Crippen LogP contribution >= 0.6 is 0 Å². The highest BCUT2D eigenvalue weighted by atomic mass is 19.4. The van der Waals surface area contributed by atoms with Crippen LogP contribution in [0.1, 0.15) is 22.3 Å². The predicted octanol–water partition coefficient (Wildman–Crippen LogP) is 3.30. The summed E-state index contributed by atoms with van der Waals surface area (Å²) in [7, 11) is 0. The number of benzene rings is 2. The van der Waals surface area contributed by atoms with Gasteiger partial charge in [0.25, 0.3) is 5.91 Å². The molecule has 28 heavy (non-hydrogen) atoms. The second kappa shape index (κ2) is 9.16. The number of halogens is 5. The highest BCUT2D eigenvalue weighted by Crippen LogP contribution is 2.26. The molecule has 0 fully saturated rings. The lowest BCUT2D eigenvalue weighted by molar-refractivity contribution is -0.274. The lowest BCUT2D eigenvalue weighted by atomic mass is 10.2. The molecule has 0 aliphatic rings. The molecule has 2 N–H and O–H groups in total. The van der Waals surface area contributed by atoms with Crippen molar-refractivity contribution in [1.82, 2.24) is 10.6 Å². The second-order valence-corrected chi connectivity index (χ2v) is 5.56. The van der Waals surface area contributed by atoms with Crippen molar-refractivity contribution < 1.29 is 36.3 Å². The van der Waals surface area contributed by atoms with Gasteiger partial charge in [0.05, 0.1) is 5.56 Å². The van der Waals surface area contributed by atoms with E-state index in [0.717, 1.165) is 18.2 Å². The molecule has 0 radical (unpaired) electrons. The first-order chi connectivity index (χ1) is 13.2. The van der Waals surface area contributed by atoms with Crippen LogP contribution in [0.3, 0.4) is 0 Å². The smallest absolute Gasteiger partial charge is 0.405 e. The molecule has 0 saturated carbocycles. The summed E-state index contributed by atoms with van der Waals surface area (Å²) in [6, 6.07) is 7.77. The van der Waals surface area contributed by atoms with Crippen LogP contribution in [0.5, 0.6) is 5.75 Å². The van der Waals surface area contributed by atoms with Crippen LogP contribution in [0.15, 0.2) is 42.5 Å². The fraction of sp³-hybridized carbons (Fsp3) is 0.222. The summed E-state index contributed by atoms with van der Waals surface area (Å²) in [5.74, 6) is -3.68. The highest BCUT2D eigenvalue weighted by Gasteiger charge is 2.31. The van der Waals surface area contributed by atoms with Gasteiger partial charge in [-0.1, -0.05) is 18.2 Å². The first-order valence-electron chi connectivity index (χ1n) is 7.99. The van der Waals surface area contributed by atoms with Gasteiger partial charge >= 0.3 is 6.36 Å². The third-order valence-electron chi connectivity index (χ3n) is 3.49. The number of nitrogens with one attached hydrogen (secondary N) is 2. The van der Waals surface area contributed by atoms with Crippen molar-refractivity contribution in [3.63, 3.8) is 0 Å². The number of hydrogen-bond donors (Lipinski definition) is 2. The van der Waals surface area contributed by atoms with Gasteiger partial charge in [0.2, 0.25) is 5.91 Å². The monoisotopic (exact) mass is 402 g/mol. The number of alkyl halides is 3. The van der Waals surface area contributed by atoms with E-state index in [-0.39, 0.29) is 30.6 Å². The van der Waals surface area contributed by atoms with Crippen molar-refractivity contribution in [2.45, 2.75) is 19.3 Å². The van der Waals surface area contributed by atoms with Gasteiger partial charge in [-0.15, -0.1) is 13.2 Å². The van der Waals surface area contributed by atoms with Gasteiger partial charge in [-0.3, -0.25) is 9.59 Å². The number of amides is 2. The number of para-hydroxylation sites is 1. The summed E-state index contributed by atoms with van der Waals surface area (Å²) in [6.07, 6.45) is -5.06. The van der Waals surface area contributed by atoms with Crippen molar-refractivity contribution in [1.29, 1.82) is 0 Å². The normalized spacial score (nSPS) is 11.0. The Hall–Kier alpha value is -3.17. The van der Waals surface area contributed by atoms with Gasteiger partial charge in [0.15, 0.2) is 0 Å². The van der Waals surface area contributed by atoms with Crippen LogP contribution in [0.25, 0.3) is 0 Å². The van der Waals surface area contributed by atoms with Crippen molar-refractivity contribution in [3.8, 4) is 5.75 Å². The molecule has 0 aliphatic heterocycles. The molecule has 0 bridgehead atoms. The van der Waals surface area contributed by atoms with Crippen molar-refractivity contribution >= 4 is 11.8 Å². The number of carbonyl (C=O) groups is 2. The van der Waals surface area contributed by atoms with Crippen LogP contribution in [0.4, 0.5) is 22.0 Å². The van der Waals surface area contributed by atoms with Crippen LogP contribution in [-0.2, 0) is 11.3 Å². The molecular formula is C18H15F5N2O3. The molecule has 10 heteroatoms. The zero-order valence-corrected chi connectivity index (χ0v) is 14.3. The summed E-state index contributed by atoms with van der Waals surface area (Å²) in [6.45, 7) is -0.367. The average molecular weight is 402 g/mol. The van der Waals surface area contributed by atoms with Crippen LogP contribution in [0, 0.1) is 11.6 Å². The molecule has 0 atom stereocenters. The Morgan fingerprint density at radius 2 is 1.71 bits per heavy atom. The molecule has 2 aromatic rings. The Morgan fingerprint density at radius 1 is 1.00 bits per heavy atom. The summed E-state index contributed by atoms with van der Waals surface area (Å²) in [5, 5.41) is 4.69. The zero-order chi connectivity index (χ0) is 20.7. The third kappa shape index (κ3) is 6.53. The lowest BCUT2D eigenvalue weighted by Crippen LogP contribution is -2.31. The molecule has 2 amide bonds. The minimum Gasteiger partial charge on any atom is -0.405 e. The number of carbonyl (C=O) groups excluding carboxylic acids is 2. The first kappa shape index (κ1) is 21.1. The molecule has 0 spiro atoms. The van der Waals surface area contributed by atoms with Gasteiger partial charge in [-0.05, 0) is 18.2 Å². The van der Waals surface area contributed by atoms with E-state index in [1.807, 2.05) is 0 Å². The van der Waals surface area contributed by atoms with E-state index in [1.165, 1.54) is 18.2 Å². The van der Waals surface area contributed by atoms with E-state index >= 15 is 0 Å². The molecule has 0 unspecified atom stereocenters. The predicted molar refractivity (Wildman–Crippen MR) is 88.3 cm³/mol. The van der Waals surface area contributed by atoms with E-state index in [2.05, 4.69) is 15.4 Å². The van der Waals surface area contributed by atoms with E-state index < -0.39 is 35.6 Å². The molecule has 5 nitrogen and oxygen atoms in total. The lowest BCUT2D eigenvalue weighted by Gasteiger charge is -2.13. The SMILES string of the molecule is O=C(CCNC(=O)c1ccc(F)cc1F)NCc1ccccc1OC(F)(F)F. The van der Waals surface area contributed by atoms with E-state index in [1.54, 1.807) is 0 Å². The summed E-state index contributed by atoms with van der Waals surface area (Å²) >= 11 is 0. The molecule has 2 rings (SSSR count). The van der Waals surface area contributed by atoms with Crippen molar-refractivity contribution in [2.24, 2.45) is 0 Å². The van der Waals surface area contributed by atoms with Crippen molar-refractivity contribution in [2.75, 3.05) is 6.54 Å². The van der Waals surface area contributed by atoms with E-state index in [0.29, 0.717) is 6.07 Å². The third-order valence-corrected chi connectivity index (χ3v) is 3.49. The van der Waals surface area contributed by atoms with E-state index in [9.17, 15) is 31.5 Å². The van der Waals surface area contributed by atoms with Crippen LogP contribution < -0.4 is 15.4 Å². The minimum absolute atomic E-state index is 0.116. The van der Waals surface area contributed by atoms with Gasteiger partial charge in [0.1, 0.15) is 17.4 Å². The highest BCUT2D eigenvalue weighted by molar-refractivity contribution is 5.94. The zero-order valence-electron chi connectivity index (χ0n) is 14.3. The minimum atomic E-state index is -4.86. The molecule has 0 saturated heterocycles. The Balaban J connectivity index is 1.81. The molecule has 0 aliphatic carbocycles. The van der Waals surface area contributed by atoms with Gasteiger partial charge < -0.3 is 15.4 Å². The summed E-state index contributed by atoms with van der Waals surface area (Å²) < 4.78 is 67.2. The standard InChI is InChI=1S/C18H15F5N2O3/c19-12-5-6-13(14(20)9-12)17(27)24-8-7-16(26)25-10-11-3-1-2-4-15(11)28-18(21,22)23/h1-6,9H,7-8,10H2,(H,24,27)(H,25,26). The molecule has 0 aromatic heterocycles. The second-order valence-electron chi connectivity index (χ2n) is 5.56.